The molecule has 0 saturated heterocycles. The van der Waals surface area contributed by atoms with Gasteiger partial charge in [0.1, 0.15) is 24.2 Å². The third kappa shape index (κ3) is 6.19. The lowest BCUT2D eigenvalue weighted by Crippen LogP contribution is -2.50. The molecule has 0 aliphatic carbocycles. The van der Waals surface area contributed by atoms with Gasteiger partial charge in [-0.2, -0.15) is 0 Å². The quantitative estimate of drug-likeness (QED) is 0.449. The summed E-state index contributed by atoms with van der Waals surface area (Å²) in [5, 5.41) is 2.14. The molecule has 3 rings (SSSR count). The normalized spacial score (nSPS) is 12.0. The van der Waals surface area contributed by atoms with Crippen LogP contribution in [0.25, 0.3) is 0 Å². The van der Waals surface area contributed by atoms with Gasteiger partial charge in [-0.25, -0.2) is 17.2 Å². The number of amides is 2. The summed E-state index contributed by atoms with van der Waals surface area (Å²) in [4.78, 5) is 27.0. The zero-order valence-corrected chi connectivity index (χ0v) is 21.1. The van der Waals surface area contributed by atoms with Gasteiger partial charge in [-0.05, 0) is 55.0 Å². The smallest absolute Gasteiger partial charge is 0.264 e. The molecule has 36 heavy (non-hydrogen) atoms. The minimum atomic E-state index is -4.29. The van der Waals surface area contributed by atoms with Crippen molar-refractivity contribution in [3.8, 4) is 0 Å². The molecule has 0 aromatic heterocycles. The minimum Gasteiger partial charge on any atom is -0.357 e. The standard InChI is InChI=1S/C25H24ClF2N3O4S/c1-17(25(33)29-2)30(15-18-8-10-19(27)11-9-18)24(32)16-31(20-12-13-23(28)22(26)14-20)36(34,35)21-6-4-3-5-7-21/h3-14,17H,15-16H2,1-2H3,(H,29,33)/t17-/m0/s1. The van der Waals surface area contributed by atoms with Crippen LogP contribution in [-0.2, 0) is 26.2 Å². The van der Waals surface area contributed by atoms with E-state index in [0.717, 1.165) is 16.4 Å². The first-order valence-electron chi connectivity index (χ1n) is 10.8. The van der Waals surface area contributed by atoms with Gasteiger partial charge >= 0.3 is 0 Å². The Morgan fingerprint density at radius 2 is 1.64 bits per heavy atom. The summed E-state index contributed by atoms with van der Waals surface area (Å²) in [7, 11) is -2.88. The van der Waals surface area contributed by atoms with Crippen molar-refractivity contribution in [1.29, 1.82) is 0 Å². The zero-order chi connectivity index (χ0) is 26.5. The van der Waals surface area contributed by atoms with Gasteiger partial charge in [0.15, 0.2) is 0 Å². The molecule has 1 atom stereocenters. The van der Waals surface area contributed by atoms with Gasteiger partial charge in [0.05, 0.1) is 15.6 Å². The van der Waals surface area contributed by atoms with Crippen LogP contribution in [0.4, 0.5) is 14.5 Å². The first-order chi connectivity index (χ1) is 17.0. The van der Waals surface area contributed by atoms with Crippen LogP contribution in [0.5, 0.6) is 0 Å². The predicted molar refractivity (Wildman–Crippen MR) is 133 cm³/mol. The van der Waals surface area contributed by atoms with E-state index < -0.39 is 46.1 Å². The van der Waals surface area contributed by atoms with E-state index in [4.69, 9.17) is 11.6 Å². The number of sulfonamides is 1. The molecular formula is C25H24ClF2N3O4S. The van der Waals surface area contributed by atoms with Gasteiger partial charge in [-0.1, -0.05) is 41.9 Å². The van der Waals surface area contributed by atoms with Crippen LogP contribution in [0.15, 0.2) is 77.7 Å². The maximum Gasteiger partial charge on any atom is 0.264 e. The van der Waals surface area contributed by atoms with E-state index in [-0.39, 0.29) is 22.2 Å². The van der Waals surface area contributed by atoms with Crippen molar-refractivity contribution >= 4 is 39.1 Å². The lowest BCUT2D eigenvalue weighted by Gasteiger charge is -2.31. The Bertz CT molecular complexity index is 1340. The highest BCUT2D eigenvalue weighted by atomic mass is 35.5. The Hall–Kier alpha value is -3.50. The number of rotatable bonds is 9. The Balaban J connectivity index is 2.04. The first-order valence-corrected chi connectivity index (χ1v) is 12.6. The Morgan fingerprint density at radius 1 is 1.00 bits per heavy atom. The van der Waals surface area contributed by atoms with Crippen LogP contribution in [0.1, 0.15) is 12.5 Å². The van der Waals surface area contributed by atoms with Crippen LogP contribution < -0.4 is 9.62 Å². The first kappa shape index (κ1) is 27.1. The molecule has 7 nitrogen and oxygen atoms in total. The molecule has 0 radical (unpaired) electrons. The van der Waals surface area contributed by atoms with E-state index in [9.17, 15) is 26.8 Å². The monoisotopic (exact) mass is 535 g/mol. The van der Waals surface area contributed by atoms with Crippen molar-refractivity contribution in [3.63, 3.8) is 0 Å². The second-order valence-corrected chi connectivity index (χ2v) is 10.1. The number of benzene rings is 3. The molecule has 0 aliphatic heterocycles. The number of carbonyl (C=O) groups excluding carboxylic acids is 2. The van der Waals surface area contributed by atoms with Gasteiger partial charge < -0.3 is 10.2 Å². The molecule has 0 aliphatic rings. The van der Waals surface area contributed by atoms with Crippen LogP contribution in [0, 0.1) is 11.6 Å². The van der Waals surface area contributed by atoms with Crippen molar-refractivity contribution in [2.24, 2.45) is 0 Å². The minimum absolute atomic E-state index is 0.0343. The zero-order valence-electron chi connectivity index (χ0n) is 19.5. The van der Waals surface area contributed by atoms with Crippen molar-refractivity contribution in [1.82, 2.24) is 10.2 Å². The summed E-state index contributed by atoms with van der Waals surface area (Å²) in [6.45, 7) is 0.698. The van der Waals surface area contributed by atoms with Crippen molar-refractivity contribution in [2.75, 3.05) is 17.9 Å². The molecule has 190 valence electrons. The fraction of sp³-hybridized carbons (Fsp3) is 0.200. The number of hydrogen-bond donors (Lipinski definition) is 1. The van der Waals surface area contributed by atoms with Gasteiger partial charge in [-0.15, -0.1) is 0 Å². The highest BCUT2D eigenvalue weighted by Crippen LogP contribution is 2.28. The van der Waals surface area contributed by atoms with Gasteiger partial charge in [0.2, 0.25) is 11.8 Å². The Kier molecular flexibility index (Phi) is 8.65. The molecule has 0 heterocycles. The van der Waals surface area contributed by atoms with Crippen LogP contribution >= 0.6 is 11.6 Å². The van der Waals surface area contributed by atoms with E-state index >= 15 is 0 Å². The molecule has 3 aromatic carbocycles. The van der Waals surface area contributed by atoms with Crippen molar-refractivity contribution in [2.45, 2.75) is 24.4 Å². The van der Waals surface area contributed by atoms with E-state index in [1.807, 2.05) is 0 Å². The molecule has 0 unspecified atom stereocenters. The largest absolute Gasteiger partial charge is 0.357 e. The maximum absolute atomic E-state index is 13.8. The number of anilines is 1. The summed E-state index contributed by atoms with van der Waals surface area (Å²) >= 11 is 5.91. The van der Waals surface area contributed by atoms with Gasteiger partial charge in [0.25, 0.3) is 10.0 Å². The molecule has 0 spiro atoms. The number of nitrogens with zero attached hydrogens (tertiary/aromatic N) is 2. The molecule has 3 aromatic rings. The topological polar surface area (TPSA) is 86.8 Å². The molecule has 1 N–H and O–H groups in total. The average molecular weight is 536 g/mol. The van der Waals surface area contributed by atoms with Gasteiger partial charge in [0, 0.05) is 13.6 Å². The number of halogens is 3. The molecule has 11 heteroatoms. The van der Waals surface area contributed by atoms with Crippen molar-refractivity contribution < 1.29 is 26.8 Å². The third-order valence-corrected chi connectivity index (χ3v) is 7.56. The Labute approximate surface area is 213 Å². The number of nitrogens with one attached hydrogen (secondary N) is 1. The molecule has 0 bridgehead atoms. The highest BCUT2D eigenvalue weighted by molar-refractivity contribution is 7.92. The molecule has 0 fully saturated rings. The fourth-order valence-corrected chi connectivity index (χ4v) is 5.07. The SMILES string of the molecule is CNC(=O)[C@H](C)N(Cc1ccc(F)cc1)C(=O)CN(c1ccc(F)c(Cl)c1)S(=O)(=O)c1ccccc1. The summed E-state index contributed by atoms with van der Waals surface area (Å²) < 4.78 is 55.1. The maximum atomic E-state index is 13.8. The fourth-order valence-electron chi connectivity index (χ4n) is 3.47. The van der Waals surface area contributed by atoms with Gasteiger partial charge in [-0.3, -0.25) is 13.9 Å². The second kappa shape index (κ2) is 11.5. The van der Waals surface area contributed by atoms with E-state index in [1.54, 1.807) is 6.07 Å². The molecular weight excluding hydrogens is 512 g/mol. The second-order valence-electron chi connectivity index (χ2n) is 7.86. The molecule has 0 saturated carbocycles. The van der Waals surface area contributed by atoms with E-state index in [2.05, 4.69) is 5.32 Å². The van der Waals surface area contributed by atoms with Crippen LogP contribution in [0.2, 0.25) is 5.02 Å². The third-order valence-electron chi connectivity index (χ3n) is 5.48. The predicted octanol–water partition coefficient (Wildman–Crippen LogP) is 3.98. The number of likely N-dealkylation sites (N-methyl/N-ethyl adjacent to an activating group) is 1. The average Bonchev–Trinajstić information content (AvgIpc) is 2.88. The summed E-state index contributed by atoms with van der Waals surface area (Å²) in [5.74, 6) is -2.41. The lowest BCUT2D eigenvalue weighted by atomic mass is 10.1. The summed E-state index contributed by atoms with van der Waals surface area (Å²) in [5.41, 5.74) is 0.496. The summed E-state index contributed by atoms with van der Waals surface area (Å²) in [6, 6.07) is 15.1. The van der Waals surface area contributed by atoms with Crippen molar-refractivity contribution in [3.05, 3.63) is 95.0 Å². The number of hydrogen-bond acceptors (Lipinski definition) is 4. The lowest BCUT2D eigenvalue weighted by molar-refractivity contribution is -0.139. The van der Waals surface area contributed by atoms with Crippen LogP contribution in [0.3, 0.4) is 0 Å². The summed E-state index contributed by atoms with van der Waals surface area (Å²) in [6.07, 6.45) is 0. The number of carbonyl (C=O) groups is 2. The van der Waals surface area contributed by atoms with E-state index in [1.165, 1.54) is 73.5 Å². The van der Waals surface area contributed by atoms with E-state index in [0.29, 0.717) is 5.56 Å². The Morgan fingerprint density at radius 3 is 2.22 bits per heavy atom. The highest BCUT2D eigenvalue weighted by Gasteiger charge is 2.32. The molecule has 2 amide bonds. The van der Waals surface area contributed by atoms with Crippen LogP contribution in [-0.4, -0.2) is 44.8 Å².